The molecule has 226 valence electrons. The second kappa shape index (κ2) is 14.2. The summed E-state index contributed by atoms with van der Waals surface area (Å²) >= 11 is 0. The van der Waals surface area contributed by atoms with Gasteiger partial charge in [-0.05, 0) is 50.3 Å². The van der Waals surface area contributed by atoms with E-state index in [9.17, 15) is 19.2 Å². The normalized spacial score (nSPS) is 23.5. The number of hydrogen-bond donors (Lipinski definition) is 3. The minimum Gasteiger partial charge on any atom is -0.497 e. The van der Waals surface area contributed by atoms with Gasteiger partial charge in [-0.15, -0.1) is 0 Å². The maximum absolute atomic E-state index is 13.8. The Kier molecular flexibility index (Phi) is 10.7. The van der Waals surface area contributed by atoms with Crippen molar-refractivity contribution in [3.05, 3.63) is 29.8 Å². The number of rotatable bonds is 13. The number of carbonyl (C=O) groups excluding carboxylic acids is 4. The van der Waals surface area contributed by atoms with Crippen LogP contribution >= 0.6 is 0 Å². The Balaban J connectivity index is 1.45. The molecule has 11 nitrogen and oxygen atoms in total. The third kappa shape index (κ3) is 8.73. The molecule has 0 radical (unpaired) electrons. The summed E-state index contributed by atoms with van der Waals surface area (Å²) in [4.78, 5) is 55.0. The molecule has 1 aromatic rings. The van der Waals surface area contributed by atoms with E-state index < -0.39 is 35.5 Å². The number of nitrogens with one attached hydrogen (secondary N) is 3. The Bertz CT molecular complexity index is 1060. The van der Waals surface area contributed by atoms with Crippen LogP contribution in [0.4, 0.5) is 0 Å². The highest BCUT2D eigenvalue weighted by molar-refractivity contribution is 5.98. The maximum atomic E-state index is 13.8. The number of carbonyl (C=O) groups is 4. The summed E-state index contributed by atoms with van der Waals surface area (Å²) < 4.78 is 16.0. The summed E-state index contributed by atoms with van der Waals surface area (Å²) in [6.45, 7) is 6.32. The van der Waals surface area contributed by atoms with E-state index in [0.29, 0.717) is 38.7 Å². The average molecular weight is 573 g/mol. The SMILES string of the molecule is COc1ccc(C[C@H](NC(=O)[C@H](C)NC(=O)CN2CCOCC2)C(=O)N[C@H](C(=O)[C@@]2(C)CO2)C2CCCCC2)cc1. The third-order valence-corrected chi connectivity index (χ3v) is 8.27. The van der Waals surface area contributed by atoms with Crippen LogP contribution in [-0.2, 0) is 35.1 Å². The van der Waals surface area contributed by atoms with E-state index in [4.69, 9.17) is 14.2 Å². The van der Waals surface area contributed by atoms with E-state index >= 15 is 0 Å². The van der Waals surface area contributed by atoms with Crippen molar-refractivity contribution in [2.45, 2.75) is 76.1 Å². The van der Waals surface area contributed by atoms with Crippen LogP contribution in [0.25, 0.3) is 0 Å². The molecule has 0 bridgehead atoms. The third-order valence-electron chi connectivity index (χ3n) is 8.27. The molecule has 41 heavy (non-hydrogen) atoms. The van der Waals surface area contributed by atoms with Gasteiger partial charge in [-0.25, -0.2) is 0 Å². The molecule has 11 heteroatoms. The summed E-state index contributed by atoms with van der Waals surface area (Å²) in [6, 6.07) is 4.76. The van der Waals surface area contributed by atoms with Crippen molar-refractivity contribution in [2.75, 3.05) is 46.6 Å². The van der Waals surface area contributed by atoms with Crippen LogP contribution in [0.3, 0.4) is 0 Å². The highest BCUT2D eigenvalue weighted by Gasteiger charge is 2.52. The highest BCUT2D eigenvalue weighted by Crippen LogP contribution is 2.34. The number of benzene rings is 1. The maximum Gasteiger partial charge on any atom is 0.243 e. The Hall–Kier alpha value is -3.02. The number of ether oxygens (including phenoxy) is 3. The second-order valence-electron chi connectivity index (χ2n) is 11.6. The summed E-state index contributed by atoms with van der Waals surface area (Å²) in [5, 5.41) is 8.57. The van der Waals surface area contributed by atoms with Gasteiger partial charge >= 0.3 is 0 Å². The number of amides is 3. The Morgan fingerprint density at radius 2 is 1.66 bits per heavy atom. The lowest BCUT2D eigenvalue weighted by Crippen LogP contribution is -2.58. The van der Waals surface area contributed by atoms with E-state index in [1.165, 1.54) is 0 Å². The zero-order chi connectivity index (χ0) is 29.4. The van der Waals surface area contributed by atoms with Gasteiger partial charge in [0.1, 0.15) is 23.4 Å². The fraction of sp³-hybridized carbons (Fsp3) is 0.667. The summed E-state index contributed by atoms with van der Waals surface area (Å²) in [7, 11) is 1.58. The van der Waals surface area contributed by atoms with Crippen molar-refractivity contribution in [3.63, 3.8) is 0 Å². The lowest BCUT2D eigenvalue weighted by molar-refractivity contribution is -0.135. The van der Waals surface area contributed by atoms with Crippen LogP contribution in [0.2, 0.25) is 0 Å². The molecule has 1 saturated carbocycles. The molecule has 2 heterocycles. The quantitative estimate of drug-likeness (QED) is 0.298. The van der Waals surface area contributed by atoms with E-state index in [-0.39, 0.29) is 30.6 Å². The summed E-state index contributed by atoms with van der Waals surface area (Å²) in [5.74, 6) is -0.600. The molecule has 0 aromatic heterocycles. The highest BCUT2D eigenvalue weighted by atomic mass is 16.6. The van der Waals surface area contributed by atoms with Crippen molar-refractivity contribution in [3.8, 4) is 5.75 Å². The zero-order valence-corrected chi connectivity index (χ0v) is 24.4. The monoisotopic (exact) mass is 572 g/mol. The first-order valence-corrected chi connectivity index (χ1v) is 14.7. The lowest BCUT2D eigenvalue weighted by atomic mass is 9.80. The van der Waals surface area contributed by atoms with Crippen LogP contribution in [0, 0.1) is 5.92 Å². The number of epoxide rings is 1. The standard InChI is InChI=1S/C30H44N4O7/c1-20(31-25(35)18-34-13-15-40-16-14-34)28(37)32-24(17-21-9-11-23(39-3)12-10-21)29(38)33-26(22-7-5-4-6-8-22)27(36)30(2)19-41-30/h9-12,20,22,24,26H,4-8,13-19H2,1-3H3,(H,31,35)(H,32,37)(H,33,38)/t20-,24-,26-,30+/m0/s1. The molecule has 4 atom stereocenters. The van der Waals surface area contributed by atoms with Crippen molar-refractivity contribution in [2.24, 2.45) is 5.92 Å². The molecule has 2 aliphatic heterocycles. The summed E-state index contributed by atoms with van der Waals surface area (Å²) in [6.07, 6.45) is 5.05. The van der Waals surface area contributed by atoms with Gasteiger partial charge in [-0.1, -0.05) is 31.4 Å². The Morgan fingerprint density at radius 3 is 2.27 bits per heavy atom. The molecular formula is C30H44N4O7. The van der Waals surface area contributed by atoms with Crippen LogP contribution in [0.1, 0.15) is 51.5 Å². The van der Waals surface area contributed by atoms with Crippen LogP contribution in [-0.4, -0.2) is 98.7 Å². The van der Waals surface area contributed by atoms with Crippen LogP contribution < -0.4 is 20.7 Å². The minimum atomic E-state index is -0.957. The largest absolute Gasteiger partial charge is 0.497 e. The molecule has 1 aromatic carbocycles. The first-order valence-electron chi connectivity index (χ1n) is 14.7. The van der Waals surface area contributed by atoms with E-state index in [0.717, 1.165) is 37.7 Å². The predicted octanol–water partition coefficient (Wildman–Crippen LogP) is 0.983. The summed E-state index contributed by atoms with van der Waals surface area (Å²) in [5.41, 5.74) is -0.0584. The van der Waals surface area contributed by atoms with E-state index in [1.807, 2.05) is 17.0 Å². The second-order valence-corrected chi connectivity index (χ2v) is 11.6. The number of nitrogens with zero attached hydrogens (tertiary/aromatic N) is 1. The number of hydrogen-bond acceptors (Lipinski definition) is 8. The zero-order valence-electron chi connectivity index (χ0n) is 24.4. The van der Waals surface area contributed by atoms with Crippen molar-refractivity contribution in [1.82, 2.24) is 20.9 Å². The van der Waals surface area contributed by atoms with Gasteiger partial charge in [-0.3, -0.25) is 24.1 Å². The first-order chi connectivity index (χ1) is 19.7. The molecule has 3 N–H and O–H groups in total. The van der Waals surface area contributed by atoms with Crippen LogP contribution in [0.15, 0.2) is 24.3 Å². The molecule has 2 saturated heterocycles. The van der Waals surface area contributed by atoms with Crippen molar-refractivity contribution < 1.29 is 33.4 Å². The average Bonchev–Trinajstić information content (AvgIpc) is 3.74. The minimum absolute atomic E-state index is 0.0250. The number of Topliss-reactive ketones (excluding diaryl/α,β-unsaturated/α-hetero) is 1. The first kappa shape index (κ1) is 30.9. The van der Waals surface area contributed by atoms with Gasteiger partial charge < -0.3 is 30.2 Å². The van der Waals surface area contributed by atoms with Gasteiger partial charge in [-0.2, -0.15) is 0 Å². The molecule has 3 amide bonds. The van der Waals surface area contributed by atoms with Gasteiger partial charge in [0.2, 0.25) is 17.7 Å². The lowest BCUT2D eigenvalue weighted by Gasteiger charge is -2.32. The van der Waals surface area contributed by atoms with Gasteiger partial charge in [0.05, 0.1) is 39.5 Å². The molecular weight excluding hydrogens is 528 g/mol. The van der Waals surface area contributed by atoms with E-state index in [1.54, 1.807) is 33.1 Å². The Labute approximate surface area is 242 Å². The van der Waals surface area contributed by atoms with Gasteiger partial charge in [0.25, 0.3) is 0 Å². The molecule has 1 aliphatic carbocycles. The number of methoxy groups -OCH3 is 1. The Morgan fingerprint density at radius 1 is 1.00 bits per heavy atom. The van der Waals surface area contributed by atoms with Crippen molar-refractivity contribution in [1.29, 1.82) is 0 Å². The van der Waals surface area contributed by atoms with Crippen LogP contribution in [0.5, 0.6) is 5.75 Å². The van der Waals surface area contributed by atoms with Gasteiger partial charge in [0, 0.05) is 19.5 Å². The van der Waals surface area contributed by atoms with E-state index in [2.05, 4.69) is 16.0 Å². The topological polar surface area (TPSA) is 139 Å². The smallest absolute Gasteiger partial charge is 0.243 e. The number of ketones is 1. The molecule has 0 spiro atoms. The molecule has 3 aliphatic rings. The van der Waals surface area contributed by atoms with Gasteiger partial charge in [0.15, 0.2) is 5.78 Å². The predicted molar refractivity (Wildman–Crippen MR) is 151 cm³/mol. The molecule has 3 fully saturated rings. The fourth-order valence-corrected chi connectivity index (χ4v) is 5.52. The molecule has 0 unspecified atom stereocenters. The fourth-order valence-electron chi connectivity index (χ4n) is 5.52. The number of morpholine rings is 1. The molecule has 4 rings (SSSR count). The van der Waals surface area contributed by atoms with Crippen molar-refractivity contribution >= 4 is 23.5 Å².